The molecule has 0 radical (unpaired) electrons. The smallest absolute Gasteiger partial charge is 0.119 e. The van der Waals surface area contributed by atoms with Crippen LogP contribution in [0.2, 0.25) is 0 Å². The number of hydrogen-bond acceptors (Lipinski definition) is 4. The van der Waals surface area contributed by atoms with Crippen molar-refractivity contribution in [2.75, 3.05) is 0 Å². The van der Waals surface area contributed by atoms with Crippen molar-refractivity contribution in [3.8, 4) is 11.5 Å². The molecule has 1 aliphatic rings. The van der Waals surface area contributed by atoms with Crippen LogP contribution in [-0.2, 0) is 0 Å². The quantitative estimate of drug-likeness (QED) is 0.633. The van der Waals surface area contributed by atoms with Crippen LogP contribution in [0.3, 0.4) is 0 Å². The number of nitrogens with one attached hydrogen (secondary N) is 1. The van der Waals surface area contributed by atoms with Crippen molar-refractivity contribution in [3.05, 3.63) is 23.8 Å². The molecular weight excluding hydrogens is 242 g/mol. The molecule has 0 aliphatic heterocycles. The van der Waals surface area contributed by atoms with Crippen LogP contribution in [0.4, 0.5) is 0 Å². The Bertz CT molecular complexity index is 402. The van der Waals surface area contributed by atoms with E-state index in [-0.39, 0.29) is 29.7 Å². The van der Waals surface area contributed by atoms with E-state index >= 15 is 0 Å². The van der Waals surface area contributed by atoms with Gasteiger partial charge in [-0.2, -0.15) is 0 Å². The van der Waals surface area contributed by atoms with Crippen LogP contribution in [0.5, 0.6) is 11.5 Å². The van der Waals surface area contributed by atoms with E-state index in [2.05, 4.69) is 5.32 Å². The second-order valence-electron chi connectivity index (χ2n) is 5.48. The molecule has 0 saturated heterocycles. The van der Waals surface area contributed by atoms with Crippen LogP contribution in [0, 0.1) is 0 Å². The molecule has 3 unspecified atom stereocenters. The lowest BCUT2D eigenvalue weighted by Crippen LogP contribution is -2.40. The summed E-state index contributed by atoms with van der Waals surface area (Å²) in [6.45, 7) is 1.98. The molecule has 106 valence electrons. The Balaban J connectivity index is 2.04. The molecule has 4 nitrogen and oxygen atoms in total. The van der Waals surface area contributed by atoms with Gasteiger partial charge >= 0.3 is 0 Å². The number of hydrogen-bond donors (Lipinski definition) is 4. The van der Waals surface area contributed by atoms with E-state index in [1.165, 1.54) is 12.5 Å². The van der Waals surface area contributed by atoms with E-state index in [0.717, 1.165) is 31.2 Å². The highest BCUT2D eigenvalue weighted by Crippen LogP contribution is 2.26. The van der Waals surface area contributed by atoms with Gasteiger partial charge in [0.05, 0.1) is 6.10 Å². The van der Waals surface area contributed by atoms with Gasteiger partial charge in [0, 0.05) is 18.2 Å². The first-order chi connectivity index (χ1) is 9.06. The van der Waals surface area contributed by atoms with E-state index in [9.17, 15) is 15.3 Å². The predicted molar refractivity (Wildman–Crippen MR) is 74.2 cm³/mol. The second-order valence-corrected chi connectivity index (χ2v) is 5.48. The van der Waals surface area contributed by atoms with Crippen LogP contribution >= 0.6 is 0 Å². The Hall–Kier alpha value is -1.26. The molecule has 2 rings (SSSR count). The van der Waals surface area contributed by atoms with Gasteiger partial charge in [0.1, 0.15) is 11.5 Å². The van der Waals surface area contributed by atoms with Gasteiger partial charge in [0.15, 0.2) is 0 Å². The molecule has 0 bridgehead atoms. The zero-order valence-corrected chi connectivity index (χ0v) is 11.3. The summed E-state index contributed by atoms with van der Waals surface area (Å²) in [5.74, 6) is 0.120. The average molecular weight is 265 g/mol. The fourth-order valence-corrected chi connectivity index (χ4v) is 2.77. The molecule has 1 aromatic rings. The van der Waals surface area contributed by atoms with Crippen molar-refractivity contribution in [1.29, 1.82) is 0 Å². The van der Waals surface area contributed by atoms with Crippen molar-refractivity contribution in [3.63, 3.8) is 0 Å². The number of rotatable bonds is 3. The summed E-state index contributed by atoms with van der Waals surface area (Å²) in [6, 6.07) is 4.66. The van der Waals surface area contributed by atoms with E-state index in [1.54, 1.807) is 12.1 Å². The number of benzene rings is 1. The number of phenolic OH excluding ortho intramolecular Hbond substituents is 2. The minimum absolute atomic E-state index is 0.0178. The molecule has 1 saturated carbocycles. The first kappa shape index (κ1) is 14.2. The molecule has 1 aliphatic carbocycles. The number of aromatic hydroxyl groups is 2. The van der Waals surface area contributed by atoms with Gasteiger partial charge in [0.2, 0.25) is 0 Å². The van der Waals surface area contributed by atoms with E-state index in [1.807, 2.05) is 6.92 Å². The fraction of sp³-hybridized carbons (Fsp3) is 0.600. The van der Waals surface area contributed by atoms with Crippen LogP contribution in [0.25, 0.3) is 0 Å². The summed E-state index contributed by atoms with van der Waals surface area (Å²) in [5.41, 5.74) is 0.828. The highest BCUT2D eigenvalue weighted by atomic mass is 16.3. The molecule has 1 aromatic carbocycles. The highest BCUT2D eigenvalue weighted by molar-refractivity contribution is 5.38. The van der Waals surface area contributed by atoms with Gasteiger partial charge in [-0.05, 0) is 37.5 Å². The van der Waals surface area contributed by atoms with Gasteiger partial charge < -0.3 is 20.6 Å². The summed E-state index contributed by atoms with van der Waals surface area (Å²) in [7, 11) is 0. The van der Waals surface area contributed by atoms with Crippen molar-refractivity contribution < 1.29 is 15.3 Å². The minimum atomic E-state index is -0.309. The maximum atomic E-state index is 10.1. The molecule has 0 spiro atoms. The molecule has 0 amide bonds. The SMILES string of the molecule is CC(NC1CCCCCC1O)c1cc(O)cc(O)c1. The third-order valence-corrected chi connectivity index (χ3v) is 3.87. The lowest BCUT2D eigenvalue weighted by atomic mass is 10.0. The van der Waals surface area contributed by atoms with Gasteiger partial charge in [-0.3, -0.25) is 0 Å². The van der Waals surface area contributed by atoms with Crippen molar-refractivity contribution in [2.24, 2.45) is 0 Å². The van der Waals surface area contributed by atoms with Crippen molar-refractivity contribution >= 4 is 0 Å². The van der Waals surface area contributed by atoms with Crippen LogP contribution in [0.15, 0.2) is 18.2 Å². The van der Waals surface area contributed by atoms with E-state index in [4.69, 9.17) is 0 Å². The fourth-order valence-electron chi connectivity index (χ4n) is 2.77. The van der Waals surface area contributed by atoms with E-state index < -0.39 is 0 Å². The van der Waals surface area contributed by atoms with Crippen molar-refractivity contribution in [2.45, 2.75) is 57.2 Å². The first-order valence-electron chi connectivity index (χ1n) is 7.03. The lowest BCUT2D eigenvalue weighted by Gasteiger charge is -2.26. The molecule has 1 fully saturated rings. The van der Waals surface area contributed by atoms with Crippen molar-refractivity contribution in [1.82, 2.24) is 5.32 Å². The summed E-state index contributed by atoms with van der Waals surface area (Å²) in [5, 5.41) is 32.5. The average Bonchev–Trinajstić information content (AvgIpc) is 2.54. The Morgan fingerprint density at radius 1 is 1.05 bits per heavy atom. The summed E-state index contributed by atoms with van der Waals surface area (Å²) < 4.78 is 0. The molecule has 4 heteroatoms. The van der Waals surface area contributed by atoms with Gasteiger partial charge in [-0.1, -0.05) is 19.3 Å². The summed E-state index contributed by atoms with van der Waals surface area (Å²) >= 11 is 0. The summed E-state index contributed by atoms with van der Waals surface area (Å²) in [4.78, 5) is 0. The number of phenols is 2. The normalized spacial score (nSPS) is 25.8. The standard InChI is InChI=1S/C15H23NO3/c1-10(11-7-12(17)9-13(18)8-11)16-14-5-3-2-4-6-15(14)19/h7-10,14-19H,2-6H2,1H3. The largest absolute Gasteiger partial charge is 0.508 e. The monoisotopic (exact) mass is 265 g/mol. The zero-order chi connectivity index (χ0) is 13.8. The van der Waals surface area contributed by atoms with E-state index in [0.29, 0.717) is 0 Å². The molecule has 0 aromatic heterocycles. The highest BCUT2D eigenvalue weighted by Gasteiger charge is 2.23. The van der Waals surface area contributed by atoms with Crippen LogP contribution in [-0.4, -0.2) is 27.5 Å². The number of aliphatic hydroxyl groups is 1. The lowest BCUT2D eigenvalue weighted by molar-refractivity contribution is 0.115. The maximum absolute atomic E-state index is 10.1. The molecule has 3 atom stereocenters. The van der Waals surface area contributed by atoms with Crippen LogP contribution in [0.1, 0.15) is 50.6 Å². The third-order valence-electron chi connectivity index (χ3n) is 3.87. The maximum Gasteiger partial charge on any atom is 0.119 e. The third kappa shape index (κ3) is 3.85. The number of aliphatic hydroxyl groups excluding tert-OH is 1. The topological polar surface area (TPSA) is 72.7 Å². The predicted octanol–water partition coefficient (Wildman–Crippen LogP) is 2.44. The molecular formula is C15H23NO3. The molecule has 4 N–H and O–H groups in total. The molecule has 0 heterocycles. The zero-order valence-electron chi connectivity index (χ0n) is 11.3. The Kier molecular flexibility index (Phi) is 4.66. The molecule has 19 heavy (non-hydrogen) atoms. The van der Waals surface area contributed by atoms with Gasteiger partial charge in [-0.25, -0.2) is 0 Å². The summed E-state index contributed by atoms with van der Waals surface area (Å²) in [6.07, 6.45) is 4.89. The second kappa shape index (κ2) is 6.26. The van der Waals surface area contributed by atoms with Crippen LogP contribution < -0.4 is 5.32 Å². The Morgan fingerprint density at radius 2 is 1.68 bits per heavy atom. The minimum Gasteiger partial charge on any atom is -0.508 e. The van der Waals surface area contributed by atoms with Gasteiger partial charge in [0.25, 0.3) is 0 Å². The Labute approximate surface area is 114 Å². The van der Waals surface area contributed by atoms with Gasteiger partial charge in [-0.15, -0.1) is 0 Å². The Morgan fingerprint density at radius 3 is 2.37 bits per heavy atom. The first-order valence-corrected chi connectivity index (χ1v) is 7.03.